The molecule has 3 N–H and O–H groups in total. The van der Waals surface area contributed by atoms with Gasteiger partial charge in [-0.3, -0.25) is 4.79 Å². The fourth-order valence-electron chi connectivity index (χ4n) is 1.93. The number of ether oxygens (including phenoxy) is 1. The quantitative estimate of drug-likeness (QED) is 0.665. The zero-order chi connectivity index (χ0) is 15.8. The van der Waals surface area contributed by atoms with E-state index in [0.29, 0.717) is 0 Å². The van der Waals surface area contributed by atoms with E-state index in [4.69, 9.17) is 14.9 Å². The molecular formula is C15H21NO5. The Bertz CT molecular complexity index is 481. The van der Waals surface area contributed by atoms with Crippen LogP contribution >= 0.6 is 0 Å². The van der Waals surface area contributed by atoms with Crippen molar-refractivity contribution in [2.45, 2.75) is 32.7 Å². The Morgan fingerprint density at radius 1 is 1.29 bits per heavy atom. The lowest BCUT2D eigenvalue weighted by Crippen LogP contribution is -2.41. The molecule has 0 bridgehead atoms. The van der Waals surface area contributed by atoms with E-state index in [1.54, 1.807) is 0 Å². The highest BCUT2D eigenvalue weighted by Gasteiger charge is 2.19. The number of hydrogen-bond acceptors (Lipinski definition) is 4. The Balaban J connectivity index is 2.45. The number of hydrogen-bond donors (Lipinski definition) is 3. The molecule has 0 saturated carbocycles. The number of carbonyl (C=O) groups excluding carboxylic acids is 1. The summed E-state index contributed by atoms with van der Waals surface area (Å²) in [5.41, 5.74) is 1.97. The first-order valence-electron chi connectivity index (χ1n) is 6.77. The smallest absolute Gasteiger partial charge is 0.326 e. The zero-order valence-electron chi connectivity index (χ0n) is 12.3. The molecule has 0 aliphatic heterocycles. The molecular weight excluding hydrogens is 274 g/mol. The van der Waals surface area contributed by atoms with Crippen molar-refractivity contribution in [1.29, 1.82) is 0 Å². The second-order valence-electron chi connectivity index (χ2n) is 4.79. The summed E-state index contributed by atoms with van der Waals surface area (Å²) in [4.78, 5) is 22.5. The summed E-state index contributed by atoms with van der Waals surface area (Å²) in [7, 11) is 0. The van der Waals surface area contributed by atoms with Crippen LogP contribution in [0.25, 0.3) is 0 Å². The van der Waals surface area contributed by atoms with Gasteiger partial charge in [-0.25, -0.2) is 4.79 Å². The van der Waals surface area contributed by atoms with Crippen molar-refractivity contribution in [3.8, 4) is 5.75 Å². The van der Waals surface area contributed by atoms with Gasteiger partial charge >= 0.3 is 5.97 Å². The molecule has 1 amide bonds. The topological polar surface area (TPSA) is 95.9 Å². The minimum Gasteiger partial charge on any atom is -0.493 e. The van der Waals surface area contributed by atoms with Gasteiger partial charge in [0.1, 0.15) is 11.8 Å². The van der Waals surface area contributed by atoms with Crippen LogP contribution < -0.4 is 10.1 Å². The lowest BCUT2D eigenvalue weighted by atomic mass is 10.1. The van der Waals surface area contributed by atoms with Gasteiger partial charge < -0.3 is 20.3 Å². The Labute approximate surface area is 123 Å². The largest absolute Gasteiger partial charge is 0.493 e. The maximum Gasteiger partial charge on any atom is 0.326 e. The third-order valence-electron chi connectivity index (χ3n) is 3.04. The molecule has 6 heteroatoms. The number of nitrogens with one attached hydrogen (secondary N) is 1. The third kappa shape index (κ3) is 5.43. The average molecular weight is 295 g/mol. The first-order chi connectivity index (χ1) is 9.95. The van der Waals surface area contributed by atoms with Crippen LogP contribution in [-0.4, -0.2) is 41.3 Å². The van der Waals surface area contributed by atoms with Crippen molar-refractivity contribution in [2.24, 2.45) is 0 Å². The lowest BCUT2D eigenvalue weighted by Gasteiger charge is -2.14. The number of aliphatic hydroxyl groups excluding tert-OH is 1. The van der Waals surface area contributed by atoms with Gasteiger partial charge in [0.2, 0.25) is 5.91 Å². The molecule has 21 heavy (non-hydrogen) atoms. The molecule has 1 aromatic carbocycles. The van der Waals surface area contributed by atoms with E-state index in [0.717, 1.165) is 16.9 Å². The van der Waals surface area contributed by atoms with E-state index in [-0.39, 0.29) is 26.1 Å². The van der Waals surface area contributed by atoms with Crippen LogP contribution in [0.1, 0.15) is 24.0 Å². The summed E-state index contributed by atoms with van der Waals surface area (Å²) < 4.78 is 5.58. The highest BCUT2D eigenvalue weighted by Crippen LogP contribution is 2.22. The molecule has 0 aromatic heterocycles. The van der Waals surface area contributed by atoms with Crippen LogP contribution in [0.15, 0.2) is 18.2 Å². The highest BCUT2D eigenvalue weighted by atomic mass is 16.5. The van der Waals surface area contributed by atoms with Gasteiger partial charge in [-0.1, -0.05) is 18.2 Å². The Hall–Kier alpha value is -2.08. The van der Waals surface area contributed by atoms with Crippen LogP contribution in [0, 0.1) is 13.8 Å². The molecule has 116 valence electrons. The van der Waals surface area contributed by atoms with Crippen molar-refractivity contribution in [2.75, 3.05) is 13.2 Å². The molecule has 0 heterocycles. The number of aryl methyl sites for hydroxylation is 2. The Morgan fingerprint density at radius 3 is 2.43 bits per heavy atom. The summed E-state index contributed by atoms with van der Waals surface area (Å²) in [5.74, 6) is -0.828. The number of para-hydroxylation sites is 1. The Kier molecular flexibility index (Phi) is 6.68. The van der Waals surface area contributed by atoms with E-state index in [1.165, 1.54) is 0 Å². The van der Waals surface area contributed by atoms with Crippen LogP contribution in [0.5, 0.6) is 5.75 Å². The SMILES string of the molecule is Cc1cccc(C)c1OCCC(=O)N[C@@H](CCO)C(=O)O. The molecule has 0 unspecified atom stereocenters. The number of carboxylic acid groups (broad SMARTS) is 1. The minimum atomic E-state index is -1.16. The van der Waals surface area contributed by atoms with E-state index in [2.05, 4.69) is 5.32 Å². The normalized spacial score (nSPS) is 11.8. The monoisotopic (exact) mass is 295 g/mol. The first-order valence-corrected chi connectivity index (χ1v) is 6.77. The summed E-state index contributed by atoms with van der Waals surface area (Å²) >= 11 is 0. The number of benzene rings is 1. The maximum absolute atomic E-state index is 11.7. The first kappa shape index (κ1) is 17.0. The molecule has 1 rings (SSSR count). The van der Waals surface area contributed by atoms with E-state index < -0.39 is 17.9 Å². The third-order valence-corrected chi connectivity index (χ3v) is 3.04. The van der Waals surface area contributed by atoms with Crippen LogP contribution in [0.2, 0.25) is 0 Å². The molecule has 1 atom stereocenters. The van der Waals surface area contributed by atoms with Gasteiger partial charge in [0, 0.05) is 13.0 Å². The van der Waals surface area contributed by atoms with E-state index in [1.807, 2.05) is 32.0 Å². The van der Waals surface area contributed by atoms with Gasteiger partial charge in [-0.15, -0.1) is 0 Å². The van der Waals surface area contributed by atoms with Gasteiger partial charge in [0.25, 0.3) is 0 Å². The van der Waals surface area contributed by atoms with Gasteiger partial charge in [0.05, 0.1) is 13.0 Å². The number of amides is 1. The second-order valence-corrected chi connectivity index (χ2v) is 4.79. The van der Waals surface area contributed by atoms with Crippen molar-refractivity contribution in [1.82, 2.24) is 5.32 Å². The van der Waals surface area contributed by atoms with Gasteiger partial charge in [-0.05, 0) is 25.0 Å². The number of carboxylic acids is 1. The standard InChI is InChI=1S/C15H21NO5/c1-10-4-3-5-11(2)14(10)21-9-7-13(18)16-12(6-8-17)15(19)20/h3-5,12,17H,6-9H2,1-2H3,(H,16,18)(H,19,20)/t12-/m0/s1. The maximum atomic E-state index is 11.7. The number of rotatable bonds is 8. The van der Waals surface area contributed by atoms with Crippen molar-refractivity contribution < 1.29 is 24.5 Å². The molecule has 6 nitrogen and oxygen atoms in total. The fourth-order valence-corrected chi connectivity index (χ4v) is 1.93. The summed E-state index contributed by atoms with van der Waals surface area (Å²) in [6.45, 7) is 3.72. The zero-order valence-corrected chi connectivity index (χ0v) is 12.3. The van der Waals surface area contributed by atoms with Crippen molar-refractivity contribution in [3.63, 3.8) is 0 Å². The van der Waals surface area contributed by atoms with Gasteiger partial charge in [-0.2, -0.15) is 0 Å². The summed E-state index contributed by atoms with van der Waals surface area (Å²) in [6.07, 6.45) is 0.0435. The van der Waals surface area contributed by atoms with E-state index >= 15 is 0 Å². The molecule has 0 saturated heterocycles. The van der Waals surface area contributed by atoms with Crippen LogP contribution in [0.4, 0.5) is 0 Å². The minimum absolute atomic E-state index is 0.0150. The van der Waals surface area contributed by atoms with Crippen molar-refractivity contribution in [3.05, 3.63) is 29.3 Å². The fraction of sp³-hybridized carbons (Fsp3) is 0.467. The average Bonchev–Trinajstić information content (AvgIpc) is 2.41. The molecule has 0 aliphatic rings. The van der Waals surface area contributed by atoms with Crippen molar-refractivity contribution >= 4 is 11.9 Å². The summed E-state index contributed by atoms with van der Waals surface area (Å²) in [6, 6.07) is 4.70. The van der Waals surface area contributed by atoms with E-state index in [9.17, 15) is 9.59 Å². The second kappa shape index (κ2) is 8.26. The Morgan fingerprint density at radius 2 is 1.90 bits per heavy atom. The van der Waals surface area contributed by atoms with Crippen LogP contribution in [0.3, 0.4) is 0 Å². The molecule has 1 aromatic rings. The molecule has 0 fully saturated rings. The highest BCUT2D eigenvalue weighted by molar-refractivity contribution is 5.83. The predicted octanol–water partition coefficient (Wildman–Crippen LogP) is 1.02. The number of carbonyl (C=O) groups is 2. The number of aliphatic hydroxyl groups is 1. The van der Waals surface area contributed by atoms with Gasteiger partial charge in [0.15, 0.2) is 0 Å². The molecule has 0 spiro atoms. The molecule has 0 radical (unpaired) electrons. The number of aliphatic carboxylic acids is 1. The summed E-state index contributed by atoms with van der Waals surface area (Å²) in [5, 5.41) is 20.0. The van der Waals surface area contributed by atoms with Crippen LogP contribution in [-0.2, 0) is 9.59 Å². The predicted molar refractivity (Wildman–Crippen MR) is 77.3 cm³/mol. The molecule has 0 aliphatic carbocycles. The lowest BCUT2D eigenvalue weighted by molar-refractivity contribution is -0.142.